The number of benzene rings is 2. The number of halogens is 3. The molecule has 0 fully saturated rings. The zero-order valence-corrected chi connectivity index (χ0v) is 13.7. The number of rotatable bonds is 3. The molecule has 0 atom stereocenters. The SMILES string of the molecule is O=C(Cc1c[nH]c2ccccc12)NCC#Cc1ccccc1C(F)(F)F. The van der Waals surface area contributed by atoms with Crippen LogP contribution in [0, 0.1) is 11.8 Å². The number of aromatic nitrogens is 1. The number of fused-ring (bicyclic) bond motifs is 1. The van der Waals surface area contributed by atoms with E-state index in [1.54, 1.807) is 6.20 Å². The minimum absolute atomic E-state index is 0.0205. The van der Waals surface area contributed by atoms with E-state index >= 15 is 0 Å². The van der Waals surface area contributed by atoms with Crippen molar-refractivity contribution in [2.24, 2.45) is 0 Å². The van der Waals surface area contributed by atoms with Crippen LogP contribution in [-0.2, 0) is 17.4 Å². The Hall–Kier alpha value is -3.20. The van der Waals surface area contributed by atoms with E-state index < -0.39 is 11.7 Å². The summed E-state index contributed by atoms with van der Waals surface area (Å²) in [6, 6.07) is 12.7. The molecule has 1 heterocycles. The van der Waals surface area contributed by atoms with Gasteiger partial charge in [-0.25, -0.2) is 0 Å². The van der Waals surface area contributed by atoms with Gasteiger partial charge in [0.25, 0.3) is 0 Å². The zero-order chi connectivity index (χ0) is 18.6. The van der Waals surface area contributed by atoms with Gasteiger partial charge in [-0.3, -0.25) is 4.79 Å². The predicted molar refractivity (Wildman–Crippen MR) is 93.3 cm³/mol. The second-order valence-electron chi connectivity index (χ2n) is 5.66. The normalized spacial score (nSPS) is 11.0. The highest BCUT2D eigenvalue weighted by Crippen LogP contribution is 2.31. The third kappa shape index (κ3) is 4.06. The first kappa shape index (κ1) is 17.6. The first-order chi connectivity index (χ1) is 12.4. The maximum absolute atomic E-state index is 12.9. The molecule has 26 heavy (non-hydrogen) atoms. The Kier molecular flexibility index (Phi) is 4.99. The number of aromatic amines is 1. The standard InChI is InChI=1S/C20H15F3N2O/c21-20(22,23)17-9-3-1-6-14(17)7-5-11-24-19(26)12-15-13-25-18-10-4-2-8-16(15)18/h1-4,6,8-10,13,25H,11-12H2,(H,24,26). The average molecular weight is 356 g/mol. The highest BCUT2D eigenvalue weighted by molar-refractivity contribution is 5.88. The van der Waals surface area contributed by atoms with Gasteiger partial charge in [-0.1, -0.05) is 42.2 Å². The summed E-state index contributed by atoms with van der Waals surface area (Å²) in [6.45, 7) is -0.0205. The molecule has 0 bridgehead atoms. The van der Waals surface area contributed by atoms with Gasteiger partial charge >= 0.3 is 6.18 Å². The Bertz CT molecular complexity index is 993. The average Bonchev–Trinajstić information content (AvgIpc) is 3.01. The monoisotopic (exact) mass is 356 g/mol. The molecule has 6 heteroatoms. The molecule has 132 valence electrons. The van der Waals surface area contributed by atoms with Gasteiger partial charge in [-0.2, -0.15) is 13.2 Å². The number of hydrogen-bond donors (Lipinski definition) is 2. The van der Waals surface area contributed by atoms with E-state index in [0.717, 1.165) is 22.5 Å². The maximum Gasteiger partial charge on any atom is 0.417 e. The summed E-state index contributed by atoms with van der Waals surface area (Å²) >= 11 is 0. The molecule has 2 N–H and O–H groups in total. The molecule has 0 radical (unpaired) electrons. The number of para-hydroxylation sites is 1. The van der Waals surface area contributed by atoms with Crippen LogP contribution in [0.3, 0.4) is 0 Å². The number of carbonyl (C=O) groups is 1. The summed E-state index contributed by atoms with van der Waals surface area (Å²) in [5.74, 6) is 4.80. The molecule has 0 aliphatic carbocycles. The minimum atomic E-state index is -4.45. The Labute approximate surface area is 148 Å². The van der Waals surface area contributed by atoms with Crippen molar-refractivity contribution in [2.75, 3.05) is 6.54 Å². The highest BCUT2D eigenvalue weighted by atomic mass is 19.4. The minimum Gasteiger partial charge on any atom is -0.361 e. The van der Waals surface area contributed by atoms with Gasteiger partial charge in [0.05, 0.1) is 18.5 Å². The lowest BCUT2D eigenvalue weighted by Crippen LogP contribution is -2.25. The molecule has 0 saturated heterocycles. The van der Waals surface area contributed by atoms with Gasteiger partial charge in [-0.15, -0.1) is 0 Å². The lowest BCUT2D eigenvalue weighted by Gasteiger charge is -2.08. The molecule has 1 aromatic heterocycles. The largest absolute Gasteiger partial charge is 0.417 e. The smallest absolute Gasteiger partial charge is 0.361 e. The van der Waals surface area contributed by atoms with E-state index in [-0.39, 0.29) is 24.4 Å². The van der Waals surface area contributed by atoms with Crippen LogP contribution in [0.15, 0.2) is 54.7 Å². The van der Waals surface area contributed by atoms with Crippen LogP contribution in [-0.4, -0.2) is 17.4 Å². The Balaban J connectivity index is 1.61. The van der Waals surface area contributed by atoms with Crippen LogP contribution in [0.5, 0.6) is 0 Å². The molecule has 0 spiro atoms. The van der Waals surface area contributed by atoms with Gasteiger partial charge in [0.15, 0.2) is 0 Å². The summed E-state index contributed by atoms with van der Waals surface area (Å²) in [6.07, 6.45) is -2.51. The first-order valence-electron chi connectivity index (χ1n) is 7.92. The number of H-pyrrole nitrogens is 1. The van der Waals surface area contributed by atoms with Crippen LogP contribution in [0.25, 0.3) is 10.9 Å². The summed E-state index contributed by atoms with van der Waals surface area (Å²) in [7, 11) is 0. The number of hydrogen-bond acceptors (Lipinski definition) is 1. The van der Waals surface area contributed by atoms with Crippen molar-refractivity contribution in [3.8, 4) is 11.8 Å². The molecule has 3 nitrogen and oxygen atoms in total. The molecule has 1 amide bonds. The Morgan fingerprint density at radius 3 is 2.62 bits per heavy atom. The summed E-state index contributed by atoms with van der Waals surface area (Å²) in [5, 5.41) is 3.57. The molecule has 3 rings (SSSR count). The summed E-state index contributed by atoms with van der Waals surface area (Å²) in [5.41, 5.74) is 0.913. The molecular formula is C20H15F3N2O. The van der Waals surface area contributed by atoms with E-state index in [0.29, 0.717) is 0 Å². The molecule has 3 aromatic rings. The fraction of sp³-hybridized carbons (Fsp3) is 0.150. The molecule has 0 aliphatic heterocycles. The van der Waals surface area contributed by atoms with Gasteiger partial charge in [0, 0.05) is 22.7 Å². The lowest BCUT2D eigenvalue weighted by molar-refractivity contribution is -0.137. The topological polar surface area (TPSA) is 44.9 Å². The van der Waals surface area contributed by atoms with Crippen LogP contribution < -0.4 is 5.32 Å². The fourth-order valence-electron chi connectivity index (χ4n) is 2.63. The van der Waals surface area contributed by atoms with Crippen molar-refractivity contribution >= 4 is 16.8 Å². The third-order valence-corrected chi connectivity index (χ3v) is 3.86. The van der Waals surface area contributed by atoms with Crippen molar-refractivity contribution in [3.05, 3.63) is 71.4 Å². The molecule has 0 unspecified atom stereocenters. The summed E-state index contributed by atoms with van der Waals surface area (Å²) < 4.78 is 38.7. The van der Waals surface area contributed by atoms with E-state index in [1.807, 2.05) is 24.3 Å². The van der Waals surface area contributed by atoms with Crippen molar-refractivity contribution in [1.29, 1.82) is 0 Å². The first-order valence-corrected chi connectivity index (χ1v) is 7.92. The number of alkyl halides is 3. The van der Waals surface area contributed by atoms with Gasteiger partial charge in [0.1, 0.15) is 0 Å². The van der Waals surface area contributed by atoms with Crippen molar-refractivity contribution in [3.63, 3.8) is 0 Å². The van der Waals surface area contributed by atoms with Crippen molar-refractivity contribution < 1.29 is 18.0 Å². The molecule has 2 aromatic carbocycles. The fourth-order valence-corrected chi connectivity index (χ4v) is 2.63. The molecule has 0 aliphatic rings. The molecular weight excluding hydrogens is 341 g/mol. The van der Waals surface area contributed by atoms with Gasteiger partial charge in [-0.05, 0) is 23.8 Å². The Morgan fingerprint density at radius 1 is 1.08 bits per heavy atom. The zero-order valence-electron chi connectivity index (χ0n) is 13.7. The van der Waals surface area contributed by atoms with Crippen LogP contribution >= 0.6 is 0 Å². The highest BCUT2D eigenvalue weighted by Gasteiger charge is 2.32. The third-order valence-electron chi connectivity index (χ3n) is 3.86. The van der Waals surface area contributed by atoms with Crippen molar-refractivity contribution in [2.45, 2.75) is 12.6 Å². The molecule has 0 saturated carbocycles. The predicted octanol–water partition coefficient (Wildman–Crippen LogP) is 3.90. The number of nitrogens with one attached hydrogen (secondary N) is 2. The van der Waals surface area contributed by atoms with Crippen LogP contribution in [0.1, 0.15) is 16.7 Å². The van der Waals surface area contributed by atoms with Gasteiger partial charge < -0.3 is 10.3 Å². The van der Waals surface area contributed by atoms with Gasteiger partial charge in [0.2, 0.25) is 5.91 Å². The van der Waals surface area contributed by atoms with Crippen LogP contribution in [0.2, 0.25) is 0 Å². The Morgan fingerprint density at radius 2 is 1.81 bits per heavy atom. The maximum atomic E-state index is 12.9. The van der Waals surface area contributed by atoms with E-state index in [1.165, 1.54) is 18.2 Å². The van der Waals surface area contributed by atoms with Crippen LogP contribution in [0.4, 0.5) is 13.2 Å². The lowest BCUT2D eigenvalue weighted by atomic mass is 10.1. The van der Waals surface area contributed by atoms with Crippen molar-refractivity contribution in [1.82, 2.24) is 10.3 Å². The summed E-state index contributed by atoms with van der Waals surface area (Å²) in [4.78, 5) is 15.1. The van der Waals surface area contributed by atoms with E-state index in [9.17, 15) is 18.0 Å². The van der Waals surface area contributed by atoms with E-state index in [4.69, 9.17) is 0 Å². The number of amides is 1. The van der Waals surface area contributed by atoms with E-state index in [2.05, 4.69) is 22.1 Å². The quantitative estimate of drug-likeness (QED) is 0.687. The number of carbonyl (C=O) groups excluding carboxylic acids is 1. The second kappa shape index (κ2) is 7.36. The second-order valence-corrected chi connectivity index (χ2v) is 5.66.